The third-order valence-electron chi connectivity index (χ3n) is 5.74. The van der Waals surface area contributed by atoms with Gasteiger partial charge in [-0.2, -0.15) is 0 Å². The normalized spacial score (nSPS) is 28.5. The second-order valence-electron chi connectivity index (χ2n) is 7.69. The predicted octanol–water partition coefficient (Wildman–Crippen LogP) is 3.41. The fourth-order valence-corrected chi connectivity index (χ4v) is 4.40. The standard InChI is InChI=1S/C20H30N2O2/c1-20(21-19(24)15-22-13-5-2-6-14-22)12-4-3-7-18(20)16-8-10-17(23)11-9-16/h8-11,18,23H,2-7,12-15H2,1H3,(H,21,24)/t18-,20+/m1/s1. The number of nitrogens with one attached hydrogen (secondary N) is 1. The second kappa shape index (κ2) is 7.56. The van der Waals surface area contributed by atoms with E-state index in [1.54, 1.807) is 12.1 Å². The number of likely N-dealkylation sites (tertiary alicyclic amines) is 1. The average Bonchev–Trinajstić information content (AvgIpc) is 2.57. The van der Waals surface area contributed by atoms with Gasteiger partial charge in [-0.3, -0.25) is 9.69 Å². The zero-order valence-corrected chi connectivity index (χ0v) is 14.8. The van der Waals surface area contributed by atoms with Crippen LogP contribution in [0.2, 0.25) is 0 Å². The van der Waals surface area contributed by atoms with Crippen LogP contribution >= 0.6 is 0 Å². The number of phenolic OH excluding ortho intramolecular Hbond substituents is 1. The van der Waals surface area contributed by atoms with Gasteiger partial charge >= 0.3 is 0 Å². The lowest BCUT2D eigenvalue weighted by molar-refractivity contribution is -0.124. The van der Waals surface area contributed by atoms with E-state index < -0.39 is 0 Å². The quantitative estimate of drug-likeness (QED) is 0.889. The first-order valence-corrected chi connectivity index (χ1v) is 9.39. The fraction of sp³-hybridized carbons (Fsp3) is 0.650. The lowest BCUT2D eigenvalue weighted by atomic mass is 9.70. The molecule has 0 bridgehead atoms. The number of carbonyl (C=O) groups is 1. The molecule has 1 saturated heterocycles. The molecule has 0 aromatic heterocycles. The summed E-state index contributed by atoms with van der Waals surface area (Å²) >= 11 is 0. The van der Waals surface area contributed by atoms with E-state index in [-0.39, 0.29) is 11.4 Å². The van der Waals surface area contributed by atoms with Crippen LogP contribution in [-0.2, 0) is 4.79 Å². The summed E-state index contributed by atoms with van der Waals surface area (Å²) in [6.07, 6.45) is 8.17. The van der Waals surface area contributed by atoms with Crippen LogP contribution in [0.4, 0.5) is 0 Å². The van der Waals surface area contributed by atoms with Crippen LogP contribution in [0, 0.1) is 0 Å². The van der Waals surface area contributed by atoms with Gasteiger partial charge < -0.3 is 10.4 Å². The van der Waals surface area contributed by atoms with Crippen LogP contribution in [0.1, 0.15) is 63.4 Å². The molecular weight excluding hydrogens is 300 g/mol. The molecule has 3 rings (SSSR count). The Balaban J connectivity index is 1.67. The number of phenols is 1. The zero-order valence-electron chi connectivity index (χ0n) is 14.8. The van der Waals surface area contributed by atoms with Crippen molar-refractivity contribution in [3.63, 3.8) is 0 Å². The molecule has 24 heavy (non-hydrogen) atoms. The molecule has 4 heteroatoms. The van der Waals surface area contributed by atoms with Crippen molar-refractivity contribution in [2.24, 2.45) is 0 Å². The van der Waals surface area contributed by atoms with Gasteiger partial charge in [-0.15, -0.1) is 0 Å². The monoisotopic (exact) mass is 330 g/mol. The van der Waals surface area contributed by atoms with Crippen molar-refractivity contribution >= 4 is 5.91 Å². The van der Waals surface area contributed by atoms with Crippen LogP contribution in [-0.4, -0.2) is 41.1 Å². The molecule has 2 N–H and O–H groups in total. The first-order valence-electron chi connectivity index (χ1n) is 9.39. The fourth-order valence-electron chi connectivity index (χ4n) is 4.40. The zero-order chi connectivity index (χ0) is 17.0. The van der Waals surface area contributed by atoms with Crippen molar-refractivity contribution in [1.29, 1.82) is 0 Å². The summed E-state index contributed by atoms with van der Waals surface area (Å²) in [6.45, 7) is 4.81. The largest absolute Gasteiger partial charge is 0.508 e. The minimum Gasteiger partial charge on any atom is -0.508 e. The van der Waals surface area contributed by atoms with Gasteiger partial charge in [0, 0.05) is 11.5 Å². The van der Waals surface area contributed by atoms with E-state index in [4.69, 9.17) is 0 Å². The number of hydrogen-bond donors (Lipinski definition) is 2. The highest BCUT2D eigenvalue weighted by atomic mass is 16.3. The smallest absolute Gasteiger partial charge is 0.234 e. The maximum atomic E-state index is 12.6. The van der Waals surface area contributed by atoms with Gasteiger partial charge in [0.2, 0.25) is 5.91 Å². The van der Waals surface area contributed by atoms with E-state index in [0.717, 1.165) is 32.4 Å². The molecule has 1 aromatic carbocycles. The third kappa shape index (κ3) is 4.10. The Morgan fingerprint density at radius 3 is 2.58 bits per heavy atom. The number of hydrogen-bond acceptors (Lipinski definition) is 3. The van der Waals surface area contributed by atoms with E-state index in [1.165, 1.54) is 31.2 Å². The number of piperidine rings is 1. The highest BCUT2D eigenvalue weighted by Gasteiger charge is 2.38. The van der Waals surface area contributed by atoms with Gasteiger partial charge in [0.25, 0.3) is 0 Å². The van der Waals surface area contributed by atoms with Crippen molar-refractivity contribution in [2.75, 3.05) is 19.6 Å². The van der Waals surface area contributed by atoms with E-state index in [2.05, 4.69) is 17.1 Å². The number of aromatic hydroxyl groups is 1. The van der Waals surface area contributed by atoms with Crippen molar-refractivity contribution in [2.45, 2.75) is 63.3 Å². The van der Waals surface area contributed by atoms with Gasteiger partial charge in [0.1, 0.15) is 5.75 Å². The predicted molar refractivity (Wildman–Crippen MR) is 96.2 cm³/mol. The summed E-state index contributed by atoms with van der Waals surface area (Å²) in [5.74, 6) is 0.771. The molecule has 4 nitrogen and oxygen atoms in total. The third-order valence-corrected chi connectivity index (χ3v) is 5.74. The molecule has 0 radical (unpaired) electrons. The first kappa shape index (κ1) is 17.3. The molecule has 1 saturated carbocycles. The van der Waals surface area contributed by atoms with Crippen LogP contribution in [0.25, 0.3) is 0 Å². The van der Waals surface area contributed by atoms with Gasteiger partial charge in [0.05, 0.1) is 6.54 Å². The lowest BCUT2D eigenvalue weighted by Crippen LogP contribution is -2.54. The van der Waals surface area contributed by atoms with Crippen molar-refractivity contribution in [1.82, 2.24) is 10.2 Å². The summed E-state index contributed by atoms with van der Waals surface area (Å²) in [4.78, 5) is 14.9. The van der Waals surface area contributed by atoms with Gasteiger partial charge in [-0.25, -0.2) is 0 Å². The van der Waals surface area contributed by atoms with Crippen molar-refractivity contribution < 1.29 is 9.90 Å². The Hall–Kier alpha value is -1.55. The topological polar surface area (TPSA) is 52.6 Å². The number of rotatable bonds is 4. The minimum absolute atomic E-state index is 0.157. The summed E-state index contributed by atoms with van der Waals surface area (Å²) in [5.41, 5.74) is 1.02. The molecule has 1 aliphatic carbocycles. The molecule has 2 aliphatic rings. The Morgan fingerprint density at radius 2 is 1.88 bits per heavy atom. The lowest BCUT2D eigenvalue weighted by Gasteiger charge is -2.43. The number of carbonyl (C=O) groups excluding carboxylic acids is 1. The summed E-state index contributed by atoms with van der Waals surface area (Å²) in [6, 6.07) is 7.50. The number of nitrogens with zero attached hydrogens (tertiary/aromatic N) is 1. The molecule has 132 valence electrons. The molecular formula is C20H30N2O2. The van der Waals surface area contributed by atoms with Gasteiger partial charge in [-0.1, -0.05) is 31.4 Å². The summed E-state index contributed by atoms with van der Waals surface area (Å²) < 4.78 is 0. The minimum atomic E-state index is -0.192. The highest BCUT2D eigenvalue weighted by Crippen LogP contribution is 2.41. The Bertz CT molecular complexity index is 551. The van der Waals surface area contributed by atoms with Crippen LogP contribution < -0.4 is 5.32 Å². The van der Waals surface area contributed by atoms with Gasteiger partial charge in [-0.05, 0) is 63.4 Å². The Kier molecular flexibility index (Phi) is 5.44. The van der Waals surface area contributed by atoms with E-state index >= 15 is 0 Å². The van der Waals surface area contributed by atoms with Crippen LogP contribution in [0.15, 0.2) is 24.3 Å². The maximum Gasteiger partial charge on any atom is 0.234 e. The highest BCUT2D eigenvalue weighted by molar-refractivity contribution is 5.79. The first-order chi connectivity index (χ1) is 11.6. The molecule has 0 spiro atoms. The van der Waals surface area contributed by atoms with Crippen molar-refractivity contribution in [3.8, 4) is 5.75 Å². The van der Waals surface area contributed by atoms with Crippen LogP contribution in [0.3, 0.4) is 0 Å². The molecule has 1 aliphatic heterocycles. The molecule has 1 amide bonds. The van der Waals surface area contributed by atoms with Gasteiger partial charge in [0.15, 0.2) is 0 Å². The Labute approximate surface area is 145 Å². The second-order valence-corrected chi connectivity index (χ2v) is 7.69. The molecule has 0 unspecified atom stereocenters. The summed E-state index contributed by atoms with van der Waals surface area (Å²) in [5, 5.41) is 12.9. The average molecular weight is 330 g/mol. The van der Waals surface area contributed by atoms with Crippen LogP contribution in [0.5, 0.6) is 5.75 Å². The molecule has 1 heterocycles. The molecule has 2 atom stereocenters. The molecule has 1 aromatic rings. The number of benzene rings is 1. The Morgan fingerprint density at radius 1 is 1.17 bits per heavy atom. The van der Waals surface area contributed by atoms with E-state index in [1.807, 2.05) is 12.1 Å². The maximum absolute atomic E-state index is 12.6. The SMILES string of the molecule is C[C@]1(NC(=O)CN2CCCCC2)CCCC[C@@H]1c1ccc(O)cc1. The van der Waals surface area contributed by atoms with Crippen molar-refractivity contribution in [3.05, 3.63) is 29.8 Å². The number of amides is 1. The summed E-state index contributed by atoms with van der Waals surface area (Å²) in [7, 11) is 0. The van der Waals surface area contributed by atoms with E-state index in [9.17, 15) is 9.90 Å². The molecule has 2 fully saturated rings. The van der Waals surface area contributed by atoms with E-state index in [0.29, 0.717) is 18.2 Å².